The van der Waals surface area contributed by atoms with Gasteiger partial charge in [0, 0.05) is 32.9 Å². The van der Waals surface area contributed by atoms with E-state index in [1.54, 1.807) is 44.7 Å². The van der Waals surface area contributed by atoms with E-state index in [9.17, 15) is 4.79 Å². The number of imidazole rings is 1. The van der Waals surface area contributed by atoms with Gasteiger partial charge in [0.05, 0.1) is 25.7 Å². The molecule has 0 radical (unpaired) electrons. The van der Waals surface area contributed by atoms with Crippen LogP contribution >= 0.6 is 0 Å². The summed E-state index contributed by atoms with van der Waals surface area (Å²) in [6, 6.07) is 1.45. The number of methoxy groups -OCH3 is 1. The molecule has 1 atom stereocenters. The maximum Gasteiger partial charge on any atom is 0.247 e. The number of anilines is 1. The van der Waals surface area contributed by atoms with E-state index >= 15 is 0 Å². The number of rotatable bonds is 3. The predicted octanol–water partition coefficient (Wildman–Crippen LogP) is 0.331. The first-order valence-electron chi connectivity index (χ1n) is 6.93. The molecule has 0 aliphatic carbocycles. The van der Waals surface area contributed by atoms with E-state index in [1.807, 2.05) is 9.47 Å². The van der Waals surface area contributed by atoms with Crippen molar-refractivity contribution in [3.8, 4) is 5.88 Å². The second-order valence-corrected chi connectivity index (χ2v) is 5.34. The van der Waals surface area contributed by atoms with Gasteiger partial charge in [-0.15, -0.1) is 0 Å². The third kappa shape index (κ3) is 2.47. The lowest BCUT2D eigenvalue weighted by Gasteiger charge is -2.35. The van der Waals surface area contributed by atoms with Crippen molar-refractivity contribution in [3.05, 3.63) is 30.6 Å². The van der Waals surface area contributed by atoms with E-state index in [1.165, 1.54) is 6.33 Å². The summed E-state index contributed by atoms with van der Waals surface area (Å²) in [7, 11) is 5.08. The Morgan fingerprint density at radius 3 is 2.95 bits per heavy atom. The zero-order valence-corrected chi connectivity index (χ0v) is 12.8. The number of aromatic nitrogens is 4. The zero-order valence-electron chi connectivity index (χ0n) is 12.8. The fourth-order valence-corrected chi connectivity index (χ4v) is 2.58. The fourth-order valence-electron chi connectivity index (χ4n) is 2.58. The molecule has 1 aliphatic rings. The minimum Gasteiger partial charge on any atom is -0.481 e. The van der Waals surface area contributed by atoms with Gasteiger partial charge in [-0.2, -0.15) is 0 Å². The third-order valence-electron chi connectivity index (χ3n) is 3.71. The second-order valence-electron chi connectivity index (χ2n) is 5.34. The highest BCUT2D eigenvalue weighted by Crippen LogP contribution is 2.26. The monoisotopic (exact) mass is 302 g/mol. The Balaban J connectivity index is 1.94. The van der Waals surface area contributed by atoms with Crippen molar-refractivity contribution in [1.82, 2.24) is 24.4 Å². The van der Waals surface area contributed by atoms with E-state index in [0.29, 0.717) is 19.0 Å². The average Bonchev–Trinajstić information content (AvgIpc) is 3.01. The van der Waals surface area contributed by atoms with Gasteiger partial charge in [0.15, 0.2) is 0 Å². The standard InChI is InChI=1S/C14H18N6O2/c1-18(2)14(21)11-7-19(6-10-5-15-9-20(10)11)12-4-13(22-3)17-8-16-12/h4-5,8-9,11H,6-7H2,1-3H3/t11-/m1/s1. The van der Waals surface area contributed by atoms with Crippen molar-refractivity contribution < 1.29 is 9.53 Å². The lowest BCUT2D eigenvalue weighted by atomic mass is 10.1. The number of nitrogens with zero attached hydrogens (tertiary/aromatic N) is 6. The first-order valence-corrected chi connectivity index (χ1v) is 6.93. The van der Waals surface area contributed by atoms with Crippen LogP contribution in [0.5, 0.6) is 5.88 Å². The number of carbonyl (C=O) groups excluding carboxylic acids is 1. The molecule has 8 nitrogen and oxygen atoms in total. The number of fused-ring (bicyclic) bond motifs is 1. The highest BCUT2D eigenvalue weighted by molar-refractivity contribution is 5.81. The van der Waals surface area contributed by atoms with Gasteiger partial charge in [0.25, 0.3) is 0 Å². The van der Waals surface area contributed by atoms with Crippen molar-refractivity contribution in [1.29, 1.82) is 0 Å². The molecular formula is C14H18N6O2. The molecule has 0 saturated carbocycles. The first kappa shape index (κ1) is 14.3. The van der Waals surface area contributed by atoms with E-state index in [-0.39, 0.29) is 11.9 Å². The summed E-state index contributed by atoms with van der Waals surface area (Å²) in [6.45, 7) is 1.16. The van der Waals surface area contributed by atoms with Crippen molar-refractivity contribution in [2.75, 3.05) is 32.6 Å². The Hall–Kier alpha value is -2.64. The lowest BCUT2D eigenvalue weighted by Crippen LogP contribution is -2.44. The summed E-state index contributed by atoms with van der Waals surface area (Å²) in [5.74, 6) is 1.26. The molecule has 0 spiro atoms. The van der Waals surface area contributed by atoms with E-state index < -0.39 is 0 Å². The fraction of sp³-hybridized carbons (Fsp3) is 0.429. The molecule has 3 heterocycles. The van der Waals surface area contributed by atoms with E-state index in [0.717, 1.165) is 11.5 Å². The Morgan fingerprint density at radius 1 is 1.41 bits per heavy atom. The molecule has 0 unspecified atom stereocenters. The molecule has 3 rings (SSSR count). The van der Waals surface area contributed by atoms with Crippen LogP contribution in [-0.2, 0) is 11.3 Å². The zero-order chi connectivity index (χ0) is 15.7. The Morgan fingerprint density at radius 2 is 2.23 bits per heavy atom. The Bertz CT molecular complexity index is 683. The van der Waals surface area contributed by atoms with Crippen molar-refractivity contribution >= 4 is 11.7 Å². The van der Waals surface area contributed by atoms with Gasteiger partial charge in [-0.05, 0) is 0 Å². The number of ether oxygens (including phenoxy) is 1. The Labute approximate surface area is 128 Å². The van der Waals surface area contributed by atoms with Gasteiger partial charge in [-0.3, -0.25) is 4.79 Å². The van der Waals surface area contributed by atoms with E-state index in [4.69, 9.17) is 4.74 Å². The summed E-state index contributed by atoms with van der Waals surface area (Å²) in [5, 5.41) is 0. The molecule has 1 amide bonds. The van der Waals surface area contributed by atoms with Crippen molar-refractivity contribution in [2.24, 2.45) is 0 Å². The molecule has 0 fully saturated rings. The normalized spacial score (nSPS) is 17.0. The second kappa shape index (κ2) is 5.63. The molecule has 1 aliphatic heterocycles. The van der Waals surface area contributed by atoms with E-state index in [2.05, 4.69) is 15.0 Å². The smallest absolute Gasteiger partial charge is 0.247 e. The number of hydrogen-bond donors (Lipinski definition) is 0. The molecule has 22 heavy (non-hydrogen) atoms. The van der Waals surface area contributed by atoms with Crippen LogP contribution in [0.25, 0.3) is 0 Å². The minimum atomic E-state index is -0.317. The van der Waals surface area contributed by atoms with Crippen LogP contribution in [0.15, 0.2) is 24.9 Å². The largest absolute Gasteiger partial charge is 0.481 e. The third-order valence-corrected chi connectivity index (χ3v) is 3.71. The highest BCUT2D eigenvalue weighted by Gasteiger charge is 2.31. The van der Waals surface area contributed by atoms with Crippen molar-refractivity contribution in [2.45, 2.75) is 12.6 Å². The topological polar surface area (TPSA) is 76.4 Å². The summed E-state index contributed by atoms with van der Waals surface area (Å²) >= 11 is 0. The van der Waals surface area contributed by atoms with Gasteiger partial charge < -0.3 is 19.1 Å². The number of carbonyl (C=O) groups is 1. The molecule has 116 valence electrons. The minimum absolute atomic E-state index is 0.0324. The molecule has 0 saturated heterocycles. The van der Waals surface area contributed by atoms with Crippen LogP contribution in [0.2, 0.25) is 0 Å². The molecule has 0 N–H and O–H groups in total. The molecule has 0 bridgehead atoms. The lowest BCUT2D eigenvalue weighted by molar-refractivity contribution is -0.132. The van der Waals surface area contributed by atoms with Gasteiger partial charge >= 0.3 is 0 Å². The van der Waals surface area contributed by atoms with Crippen LogP contribution in [0.4, 0.5) is 5.82 Å². The van der Waals surface area contributed by atoms with Gasteiger partial charge in [0.1, 0.15) is 18.2 Å². The van der Waals surface area contributed by atoms with Crippen LogP contribution in [-0.4, -0.2) is 58.1 Å². The van der Waals surface area contributed by atoms with Gasteiger partial charge in [0.2, 0.25) is 11.8 Å². The van der Waals surface area contributed by atoms with Crippen molar-refractivity contribution in [3.63, 3.8) is 0 Å². The number of likely N-dealkylation sites (N-methyl/N-ethyl adjacent to an activating group) is 1. The summed E-state index contributed by atoms with van der Waals surface area (Å²) < 4.78 is 7.07. The Kier molecular flexibility index (Phi) is 3.66. The van der Waals surface area contributed by atoms with Gasteiger partial charge in [-0.25, -0.2) is 15.0 Å². The first-order chi connectivity index (χ1) is 10.6. The summed E-state index contributed by atoms with van der Waals surface area (Å²) in [4.78, 5) is 28.6. The SMILES string of the molecule is COc1cc(N2Cc3cncn3[C@@H](C(=O)N(C)C)C2)ncn1. The molecular weight excluding hydrogens is 284 g/mol. The maximum atomic E-state index is 12.5. The number of hydrogen-bond acceptors (Lipinski definition) is 6. The summed E-state index contributed by atoms with van der Waals surface area (Å²) in [5.41, 5.74) is 0.976. The molecule has 8 heteroatoms. The van der Waals surface area contributed by atoms with Crippen LogP contribution < -0.4 is 9.64 Å². The summed E-state index contributed by atoms with van der Waals surface area (Å²) in [6.07, 6.45) is 4.95. The van der Waals surface area contributed by atoms with Crippen LogP contribution in [0.1, 0.15) is 11.7 Å². The molecule has 0 aromatic carbocycles. The van der Waals surface area contributed by atoms with Gasteiger partial charge in [-0.1, -0.05) is 0 Å². The van der Waals surface area contributed by atoms with Crippen LogP contribution in [0, 0.1) is 0 Å². The molecule has 2 aromatic heterocycles. The number of amides is 1. The van der Waals surface area contributed by atoms with Crippen LogP contribution in [0.3, 0.4) is 0 Å². The average molecular weight is 302 g/mol. The molecule has 2 aromatic rings. The predicted molar refractivity (Wildman–Crippen MR) is 79.6 cm³/mol. The quantitative estimate of drug-likeness (QED) is 0.813. The highest BCUT2D eigenvalue weighted by atomic mass is 16.5. The maximum absolute atomic E-state index is 12.5.